The summed E-state index contributed by atoms with van der Waals surface area (Å²) in [6.45, 7) is 0. The number of nitrogens with zero attached hydrogens (tertiary/aromatic N) is 2. The second-order valence-corrected chi connectivity index (χ2v) is 6.19. The number of rotatable bonds is 3. The molecule has 0 radical (unpaired) electrons. The molecular formula is C9H11N3O2S2. The van der Waals surface area contributed by atoms with Gasteiger partial charge in [0.2, 0.25) is 0 Å². The Bertz CT molecular complexity index is 604. The molecule has 2 rings (SSSR count). The summed E-state index contributed by atoms with van der Waals surface area (Å²) in [7, 11) is -0.476. The Morgan fingerprint density at radius 2 is 2.12 bits per heavy atom. The Kier molecular flexibility index (Phi) is 2.83. The maximum Gasteiger partial charge on any atom is 0.301 e. The third kappa shape index (κ3) is 2.16. The molecule has 0 saturated heterocycles. The van der Waals surface area contributed by atoms with Gasteiger partial charge in [-0.2, -0.15) is 17.1 Å². The Labute approximate surface area is 98.0 Å². The summed E-state index contributed by atoms with van der Waals surface area (Å²) >= 11 is 1.34. The van der Waals surface area contributed by atoms with Gasteiger partial charge in [-0.05, 0) is 29.7 Å². The van der Waals surface area contributed by atoms with Gasteiger partial charge in [-0.15, -0.1) is 0 Å². The first kappa shape index (κ1) is 11.3. The van der Waals surface area contributed by atoms with E-state index in [2.05, 4.69) is 9.10 Å². The van der Waals surface area contributed by atoms with E-state index in [1.54, 1.807) is 18.3 Å². The summed E-state index contributed by atoms with van der Waals surface area (Å²) in [4.78, 5) is 0. The van der Waals surface area contributed by atoms with Crippen LogP contribution in [0.15, 0.2) is 24.4 Å². The van der Waals surface area contributed by atoms with Crippen LogP contribution in [-0.2, 0) is 10.2 Å². The zero-order valence-electron chi connectivity index (χ0n) is 8.84. The lowest BCUT2D eigenvalue weighted by Gasteiger charge is -2.13. The fraction of sp³-hybridized carbons (Fsp3) is 0.222. The standard InChI is InChI=1S/C9H11N3O2S2/c1-12(2)16(13,14)11-8-4-3-7-6-10-15-9(7)5-8/h3-6,11H,1-2H3. The summed E-state index contributed by atoms with van der Waals surface area (Å²) in [5.41, 5.74) is 0.547. The molecule has 16 heavy (non-hydrogen) atoms. The number of anilines is 1. The molecule has 0 aliphatic rings. The summed E-state index contributed by atoms with van der Waals surface area (Å²) in [5, 5.41) is 1.01. The number of hydrogen-bond acceptors (Lipinski definition) is 4. The van der Waals surface area contributed by atoms with Crippen molar-refractivity contribution in [2.75, 3.05) is 18.8 Å². The molecule has 1 heterocycles. The van der Waals surface area contributed by atoms with E-state index in [1.807, 2.05) is 6.07 Å². The average molecular weight is 257 g/mol. The fourth-order valence-electron chi connectivity index (χ4n) is 1.16. The van der Waals surface area contributed by atoms with Crippen LogP contribution < -0.4 is 4.72 Å². The Hall–Kier alpha value is -1.18. The van der Waals surface area contributed by atoms with Gasteiger partial charge in [0, 0.05) is 25.7 Å². The highest BCUT2D eigenvalue weighted by atomic mass is 32.2. The molecule has 0 atom stereocenters. The normalized spacial score (nSPS) is 12.2. The fourth-order valence-corrected chi connectivity index (χ4v) is 2.46. The lowest BCUT2D eigenvalue weighted by Crippen LogP contribution is -2.28. The molecule has 0 unspecified atom stereocenters. The number of fused-ring (bicyclic) bond motifs is 1. The topological polar surface area (TPSA) is 62.3 Å². The molecule has 0 bridgehead atoms. The number of hydrogen-bond donors (Lipinski definition) is 1. The van der Waals surface area contributed by atoms with Crippen molar-refractivity contribution in [3.63, 3.8) is 0 Å². The number of nitrogens with one attached hydrogen (secondary N) is 1. The number of benzene rings is 1. The Morgan fingerprint density at radius 1 is 1.38 bits per heavy atom. The molecule has 0 aliphatic carbocycles. The first-order valence-corrected chi connectivity index (χ1v) is 6.75. The molecule has 1 aromatic carbocycles. The van der Waals surface area contributed by atoms with Crippen molar-refractivity contribution in [3.8, 4) is 0 Å². The highest BCUT2D eigenvalue weighted by Crippen LogP contribution is 2.22. The van der Waals surface area contributed by atoms with Crippen molar-refractivity contribution in [1.82, 2.24) is 8.68 Å². The zero-order valence-corrected chi connectivity index (χ0v) is 10.5. The van der Waals surface area contributed by atoms with Gasteiger partial charge in [-0.1, -0.05) is 0 Å². The van der Waals surface area contributed by atoms with Gasteiger partial charge in [0.25, 0.3) is 0 Å². The molecule has 1 aromatic heterocycles. The van der Waals surface area contributed by atoms with Crippen LogP contribution in [0.2, 0.25) is 0 Å². The monoisotopic (exact) mass is 257 g/mol. The molecule has 0 fully saturated rings. The predicted molar refractivity (Wildman–Crippen MR) is 65.8 cm³/mol. The first-order chi connectivity index (χ1) is 7.49. The van der Waals surface area contributed by atoms with Crippen LogP contribution in [0.1, 0.15) is 0 Å². The maximum atomic E-state index is 11.6. The van der Waals surface area contributed by atoms with Crippen molar-refractivity contribution in [3.05, 3.63) is 24.4 Å². The van der Waals surface area contributed by atoms with Crippen molar-refractivity contribution in [1.29, 1.82) is 0 Å². The predicted octanol–water partition coefficient (Wildman–Crippen LogP) is 1.51. The average Bonchev–Trinajstić information content (AvgIpc) is 2.63. The lowest BCUT2D eigenvalue weighted by atomic mass is 10.2. The van der Waals surface area contributed by atoms with Crippen LogP contribution in [-0.4, -0.2) is 31.2 Å². The van der Waals surface area contributed by atoms with Crippen molar-refractivity contribution in [2.45, 2.75) is 0 Å². The van der Waals surface area contributed by atoms with Gasteiger partial charge >= 0.3 is 10.2 Å². The molecule has 0 spiro atoms. The van der Waals surface area contributed by atoms with Gasteiger partial charge < -0.3 is 0 Å². The summed E-state index contributed by atoms with van der Waals surface area (Å²) in [6.07, 6.45) is 1.75. The van der Waals surface area contributed by atoms with Crippen LogP contribution in [0.3, 0.4) is 0 Å². The van der Waals surface area contributed by atoms with Gasteiger partial charge in [-0.25, -0.2) is 0 Å². The summed E-state index contributed by atoms with van der Waals surface area (Å²) in [6, 6.07) is 5.33. The van der Waals surface area contributed by atoms with E-state index in [0.29, 0.717) is 5.69 Å². The van der Waals surface area contributed by atoms with Gasteiger partial charge in [0.15, 0.2) is 0 Å². The quantitative estimate of drug-likeness (QED) is 0.906. The van der Waals surface area contributed by atoms with Crippen molar-refractivity contribution in [2.24, 2.45) is 0 Å². The minimum atomic E-state index is -3.44. The summed E-state index contributed by atoms with van der Waals surface area (Å²) < 4.78 is 31.7. The van der Waals surface area contributed by atoms with Gasteiger partial charge in [0.1, 0.15) is 0 Å². The molecule has 0 amide bonds. The van der Waals surface area contributed by atoms with Crippen LogP contribution in [0.4, 0.5) is 5.69 Å². The van der Waals surface area contributed by atoms with E-state index in [4.69, 9.17) is 0 Å². The smallest absolute Gasteiger partial charge is 0.271 e. The van der Waals surface area contributed by atoms with Crippen molar-refractivity contribution < 1.29 is 8.42 Å². The molecule has 2 aromatic rings. The van der Waals surface area contributed by atoms with Crippen LogP contribution in [0, 0.1) is 0 Å². The van der Waals surface area contributed by atoms with E-state index in [0.717, 1.165) is 14.4 Å². The third-order valence-electron chi connectivity index (χ3n) is 2.08. The highest BCUT2D eigenvalue weighted by molar-refractivity contribution is 7.90. The molecule has 0 aliphatic heterocycles. The SMILES string of the molecule is CN(C)S(=O)(=O)Nc1ccc2cnsc2c1. The van der Waals surface area contributed by atoms with Gasteiger partial charge in [0.05, 0.1) is 10.4 Å². The van der Waals surface area contributed by atoms with E-state index in [1.165, 1.54) is 25.6 Å². The molecule has 7 heteroatoms. The van der Waals surface area contributed by atoms with Gasteiger partial charge in [-0.3, -0.25) is 4.72 Å². The van der Waals surface area contributed by atoms with E-state index in [-0.39, 0.29) is 0 Å². The largest absolute Gasteiger partial charge is 0.301 e. The minimum absolute atomic E-state index is 0.547. The molecular weight excluding hydrogens is 246 g/mol. The zero-order chi connectivity index (χ0) is 11.8. The maximum absolute atomic E-state index is 11.6. The second-order valence-electron chi connectivity index (χ2n) is 3.47. The lowest BCUT2D eigenvalue weighted by molar-refractivity contribution is 0.527. The molecule has 86 valence electrons. The molecule has 1 N–H and O–H groups in total. The van der Waals surface area contributed by atoms with Crippen LogP contribution >= 0.6 is 11.5 Å². The Morgan fingerprint density at radius 3 is 2.81 bits per heavy atom. The first-order valence-electron chi connectivity index (χ1n) is 4.54. The highest BCUT2D eigenvalue weighted by Gasteiger charge is 2.13. The molecule has 0 saturated carbocycles. The van der Waals surface area contributed by atoms with Crippen LogP contribution in [0.5, 0.6) is 0 Å². The van der Waals surface area contributed by atoms with Crippen molar-refractivity contribution >= 4 is 37.5 Å². The minimum Gasteiger partial charge on any atom is -0.271 e. The van der Waals surface area contributed by atoms with Crippen LogP contribution in [0.25, 0.3) is 10.1 Å². The van der Waals surface area contributed by atoms with E-state index in [9.17, 15) is 8.42 Å². The van der Waals surface area contributed by atoms with E-state index >= 15 is 0 Å². The number of aromatic nitrogens is 1. The third-order valence-corrected chi connectivity index (χ3v) is 4.30. The van der Waals surface area contributed by atoms with E-state index < -0.39 is 10.2 Å². The Balaban J connectivity index is 2.34. The second kappa shape index (κ2) is 4.00. The molecule has 5 nitrogen and oxygen atoms in total. The summed E-state index contributed by atoms with van der Waals surface area (Å²) in [5.74, 6) is 0.